The quantitative estimate of drug-likeness (QED) is 0.438. The van der Waals surface area contributed by atoms with Crippen molar-refractivity contribution in [1.29, 1.82) is 0 Å². The van der Waals surface area contributed by atoms with Gasteiger partial charge in [-0.3, -0.25) is 4.79 Å². The molecule has 0 atom stereocenters. The number of hydrogen-bond acceptors (Lipinski definition) is 4. The third kappa shape index (κ3) is 6.81. The van der Waals surface area contributed by atoms with Crippen molar-refractivity contribution < 1.29 is 14.3 Å². The van der Waals surface area contributed by atoms with Crippen LogP contribution in [0, 0.1) is 0 Å². The topological polar surface area (TPSA) is 59.9 Å². The summed E-state index contributed by atoms with van der Waals surface area (Å²) in [5.41, 5.74) is 5.40. The van der Waals surface area contributed by atoms with Crippen molar-refractivity contribution in [1.82, 2.24) is 5.43 Å². The maximum Gasteiger partial charge on any atom is 0.244 e. The van der Waals surface area contributed by atoms with E-state index in [4.69, 9.17) is 9.47 Å². The Labute approximate surface area is 171 Å². The van der Waals surface area contributed by atoms with Crippen molar-refractivity contribution in [3.05, 3.63) is 95.6 Å². The molecule has 0 aliphatic heterocycles. The minimum Gasteiger partial charge on any atom is -0.494 e. The van der Waals surface area contributed by atoms with Crippen molar-refractivity contribution in [2.24, 2.45) is 5.10 Å². The minimum atomic E-state index is -0.179. The zero-order chi connectivity index (χ0) is 20.3. The molecule has 3 aromatic carbocycles. The Bertz CT molecular complexity index is 938. The highest BCUT2D eigenvalue weighted by Gasteiger charge is 2.03. The van der Waals surface area contributed by atoms with Gasteiger partial charge >= 0.3 is 0 Å². The molecule has 0 fully saturated rings. The number of carbonyl (C=O) groups excluding carboxylic acids is 1. The average molecular weight is 388 g/mol. The van der Waals surface area contributed by atoms with Crippen LogP contribution < -0.4 is 14.9 Å². The lowest BCUT2D eigenvalue weighted by atomic mass is 10.1. The Balaban J connectivity index is 1.48. The van der Waals surface area contributed by atoms with Crippen molar-refractivity contribution in [2.45, 2.75) is 20.0 Å². The fourth-order valence-corrected chi connectivity index (χ4v) is 2.70. The van der Waals surface area contributed by atoms with Crippen LogP contribution in [0.1, 0.15) is 23.6 Å². The first-order valence-corrected chi connectivity index (χ1v) is 9.53. The van der Waals surface area contributed by atoms with Gasteiger partial charge in [0, 0.05) is 0 Å². The average Bonchev–Trinajstić information content (AvgIpc) is 2.75. The molecule has 5 heteroatoms. The van der Waals surface area contributed by atoms with E-state index in [9.17, 15) is 4.79 Å². The molecule has 3 aromatic rings. The van der Waals surface area contributed by atoms with E-state index in [-0.39, 0.29) is 12.3 Å². The molecule has 1 N–H and O–H groups in total. The molecule has 1 amide bonds. The molecule has 5 nitrogen and oxygen atoms in total. The van der Waals surface area contributed by atoms with Gasteiger partial charge in [0.25, 0.3) is 0 Å². The standard InChI is InChI=1S/C24H24N2O3/c1-2-28-22-13-11-19(12-14-22)16-24(27)26-25-17-21-9-6-10-23(15-21)29-18-20-7-4-3-5-8-20/h3-15,17H,2,16,18H2,1H3,(H,26,27)/b25-17-. The second kappa shape index (κ2) is 10.7. The number of benzene rings is 3. The monoisotopic (exact) mass is 388 g/mol. The third-order valence-corrected chi connectivity index (χ3v) is 4.11. The molecule has 0 spiro atoms. The summed E-state index contributed by atoms with van der Waals surface area (Å²) in [6.45, 7) is 3.05. The number of hydrazone groups is 1. The summed E-state index contributed by atoms with van der Waals surface area (Å²) in [6, 6.07) is 25.0. The molecule has 0 aliphatic rings. The number of carbonyl (C=O) groups is 1. The molecular weight excluding hydrogens is 364 g/mol. The van der Waals surface area contributed by atoms with E-state index in [2.05, 4.69) is 10.5 Å². The van der Waals surface area contributed by atoms with Crippen LogP contribution in [-0.2, 0) is 17.8 Å². The minimum absolute atomic E-state index is 0.179. The zero-order valence-electron chi connectivity index (χ0n) is 16.4. The number of rotatable bonds is 9. The zero-order valence-corrected chi connectivity index (χ0v) is 16.4. The number of hydrogen-bond donors (Lipinski definition) is 1. The van der Waals surface area contributed by atoms with Crippen LogP contribution in [-0.4, -0.2) is 18.7 Å². The number of amides is 1. The Hall–Kier alpha value is -3.60. The first-order chi connectivity index (χ1) is 14.2. The maximum atomic E-state index is 12.1. The highest BCUT2D eigenvalue weighted by molar-refractivity contribution is 5.83. The summed E-state index contributed by atoms with van der Waals surface area (Å²) in [7, 11) is 0. The van der Waals surface area contributed by atoms with Crippen LogP contribution in [0.25, 0.3) is 0 Å². The molecule has 0 bridgehead atoms. The summed E-state index contributed by atoms with van der Waals surface area (Å²) in [6.07, 6.45) is 1.86. The first kappa shape index (κ1) is 20.1. The van der Waals surface area contributed by atoms with Crippen molar-refractivity contribution in [3.63, 3.8) is 0 Å². The van der Waals surface area contributed by atoms with E-state index in [1.807, 2.05) is 85.8 Å². The van der Waals surface area contributed by atoms with Gasteiger partial charge in [-0.15, -0.1) is 0 Å². The fraction of sp³-hybridized carbons (Fsp3) is 0.167. The molecule has 0 heterocycles. The van der Waals surface area contributed by atoms with E-state index in [1.54, 1.807) is 6.21 Å². The summed E-state index contributed by atoms with van der Waals surface area (Å²) in [5, 5.41) is 4.04. The van der Waals surface area contributed by atoms with Gasteiger partial charge in [0.2, 0.25) is 5.91 Å². The molecule has 3 rings (SSSR count). The van der Waals surface area contributed by atoms with Crippen LogP contribution in [0.5, 0.6) is 11.5 Å². The van der Waals surface area contributed by atoms with Gasteiger partial charge in [-0.25, -0.2) is 5.43 Å². The van der Waals surface area contributed by atoms with E-state index in [0.29, 0.717) is 13.2 Å². The van der Waals surface area contributed by atoms with Crippen LogP contribution in [0.4, 0.5) is 0 Å². The lowest BCUT2D eigenvalue weighted by molar-refractivity contribution is -0.120. The van der Waals surface area contributed by atoms with Crippen LogP contribution in [0.15, 0.2) is 84.0 Å². The normalized spacial score (nSPS) is 10.7. The van der Waals surface area contributed by atoms with Gasteiger partial charge < -0.3 is 9.47 Å². The molecule has 0 unspecified atom stereocenters. The maximum absolute atomic E-state index is 12.1. The van der Waals surface area contributed by atoms with E-state index < -0.39 is 0 Å². The van der Waals surface area contributed by atoms with Crippen molar-refractivity contribution in [2.75, 3.05) is 6.61 Å². The van der Waals surface area contributed by atoms with Crippen LogP contribution in [0.3, 0.4) is 0 Å². The summed E-state index contributed by atoms with van der Waals surface area (Å²) < 4.78 is 11.2. The smallest absolute Gasteiger partial charge is 0.244 e. The van der Waals surface area contributed by atoms with Crippen molar-refractivity contribution >= 4 is 12.1 Å². The highest BCUT2D eigenvalue weighted by atomic mass is 16.5. The predicted octanol–water partition coefficient (Wildman–Crippen LogP) is 4.36. The number of ether oxygens (including phenoxy) is 2. The SMILES string of the molecule is CCOc1ccc(CC(=O)N/N=C\c2cccc(OCc3ccccc3)c2)cc1. The second-order valence-electron chi connectivity index (χ2n) is 6.39. The molecule has 0 radical (unpaired) electrons. The molecule has 0 aliphatic carbocycles. The lowest BCUT2D eigenvalue weighted by Gasteiger charge is -2.07. The summed E-state index contributed by atoms with van der Waals surface area (Å²) >= 11 is 0. The Morgan fingerprint density at radius 3 is 2.45 bits per heavy atom. The summed E-state index contributed by atoms with van der Waals surface area (Å²) in [5.74, 6) is 1.37. The Morgan fingerprint density at radius 1 is 0.897 bits per heavy atom. The lowest BCUT2D eigenvalue weighted by Crippen LogP contribution is -2.19. The second-order valence-corrected chi connectivity index (χ2v) is 6.39. The molecule has 0 saturated carbocycles. The number of nitrogens with one attached hydrogen (secondary N) is 1. The largest absolute Gasteiger partial charge is 0.494 e. The predicted molar refractivity (Wildman–Crippen MR) is 114 cm³/mol. The molecule has 0 aromatic heterocycles. The molecule has 29 heavy (non-hydrogen) atoms. The fourth-order valence-electron chi connectivity index (χ4n) is 2.70. The van der Waals surface area contributed by atoms with Gasteiger partial charge in [0.05, 0.1) is 19.2 Å². The van der Waals surface area contributed by atoms with Crippen LogP contribution in [0.2, 0.25) is 0 Å². The van der Waals surface area contributed by atoms with E-state index in [0.717, 1.165) is 28.2 Å². The molecule has 0 saturated heterocycles. The van der Waals surface area contributed by atoms with Crippen LogP contribution >= 0.6 is 0 Å². The first-order valence-electron chi connectivity index (χ1n) is 9.53. The van der Waals surface area contributed by atoms with Gasteiger partial charge in [-0.1, -0.05) is 54.6 Å². The van der Waals surface area contributed by atoms with Gasteiger partial charge in [-0.05, 0) is 47.9 Å². The van der Waals surface area contributed by atoms with Gasteiger partial charge in [0.1, 0.15) is 18.1 Å². The van der Waals surface area contributed by atoms with E-state index >= 15 is 0 Å². The summed E-state index contributed by atoms with van der Waals surface area (Å²) in [4.78, 5) is 12.1. The van der Waals surface area contributed by atoms with Crippen molar-refractivity contribution in [3.8, 4) is 11.5 Å². The Kier molecular flexibility index (Phi) is 7.41. The number of nitrogens with zero attached hydrogens (tertiary/aromatic N) is 1. The van der Waals surface area contributed by atoms with Gasteiger partial charge in [0.15, 0.2) is 0 Å². The highest BCUT2D eigenvalue weighted by Crippen LogP contribution is 2.14. The Morgan fingerprint density at radius 2 is 1.69 bits per heavy atom. The van der Waals surface area contributed by atoms with E-state index in [1.165, 1.54) is 0 Å². The van der Waals surface area contributed by atoms with Gasteiger partial charge in [-0.2, -0.15) is 5.10 Å². The molecule has 148 valence electrons. The molecular formula is C24H24N2O3. The third-order valence-electron chi connectivity index (χ3n) is 4.11.